The van der Waals surface area contributed by atoms with Crippen molar-refractivity contribution < 1.29 is 4.42 Å². The molecule has 0 bridgehead atoms. The van der Waals surface area contributed by atoms with Gasteiger partial charge < -0.3 is 10.2 Å². The van der Waals surface area contributed by atoms with Crippen LogP contribution in [-0.4, -0.2) is 6.54 Å². The lowest BCUT2D eigenvalue weighted by Crippen LogP contribution is -2.01. The van der Waals surface area contributed by atoms with Gasteiger partial charge in [0.05, 0.1) is 5.02 Å². The first kappa shape index (κ1) is 10.1. The minimum atomic E-state index is 0.550. The quantitative estimate of drug-likeness (QED) is 0.838. The van der Waals surface area contributed by atoms with Crippen LogP contribution in [0.2, 0.25) is 5.02 Å². The Morgan fingerprint density at radius 2 is 2.14 bits per heavy atom. The lowest BCUT2D eigenvalue weighted by Gasteiger charge is -2.04. The first-order chi connectivity index (χ1) is 6.81. The van der Waals surface area contributed by atoms with Crippen LogP contribution in [0.25, 0.3) is 0 Å². The van der Waals surface area contributed by atoms with Gasteiger partial charge in [0, 0.05) is 12.3 Å². The predicted molar refractivity (Wildman–Crippen MR) is 57.7 cm³/mol. The van der Waals surface area contributed by atoms with E-state index in [2.05, 4.69) is 0 Å². The first-order valence-corrected chi connectivity index (χ1v) is 5.67. The Labute approximate surface area is 89.4 Å². The molecule has 0 spiro atoms. The van der Waals surface area contributed by atoms with Crippen molar-refractivity contribution in [2.75, 3.05) is 6.54 Å². The molecule has 2 rings (SSSR count). The molecule has 0 aliphatic heterocycles. The lowest BCUT2D eigenvalue weighted by atomic mass is 10.1. The third-order valence-electron chi connectivity index (χ3n) is 2.88. The number of halogens is 1. The number of hydrogen-bond acceptors (Lipinski definition) is 2. The van der Waals surface area contributed by atoms with Crippen LogP contribution >= 0.6 is 11.6 Å². The van der Waals surface area contributed by atoms with Crippen molar-refractivity contribution in [2.45, 2.75) is 38.0 Å². The average Bonchev–Trinajstić information content (AvgIpc) is 2.74. The summed E-state index contributed by atoms with van der Waals surface area (Å²) < 4.78 is 5.73. The van der Waals surface area contributed by atoms with Crippen molar-refractivity contribution in [3.8, 4) is 0 Å². The summed E-state index contributed by atoms with van der Waals surface area (Å²) in [5.74, 6) is 2.47. The summed E-state index contributed by atoms with van der Waals surface area (Å²) in [5.41, 5.74) is 5.47. The molecule has 1 fully saturated rings. The van der Waals surface area contributed by atoms with Crippen molar-refractivity contribution in [3.63, 3.8) is 0 Å². The summed E-state index contributed by atoms with van der Waals surface area (Å²) in [6.07, 6.45) is 5.82. The summed E-state index contributed by atoms with van der Waals surface area (Å²) in [4.78, 5) is 0. The van der Waals surface area contributed by atoms with E-state index >= 15 is 0 Å². The summed E-state index contributed by atoms with van der Waals surface area (Å²) in [6.45, 7) is 0.619. The van der Waals surface area contributed by atoms with Crippen LogP contribution in [0.4, 0.5) is 0 Å². The van der Waals surface area contributed by atoms with Crippen molar-refractivity contribution in [3.05, 3.63) is 22.6 Å². The maximum atomic E-state index is 6.13. The molecule has 14 heavy (non-hydrogen) atoms. The number of furan rings is 1. The van der Waals surface area contributed by atoms with E-state index in [-0.39, 0.29) is 0 Å². The molecule has 2 nitrogen and oxygen atoms in total. The maximum absolute atomic E-state index is 6.13. The van der Waals surface area contributed by atoms with Gasteiger partial charge in [-0.1, -0.05) is 24.4 Å². The Morgan fingerprint density at radius 1 is 1.43 bits per heavy atom. The second kappa shape index (κ2) is 4.37. The highest BCUT2D eigenvalue weighted by molar-refractivity contribution is 6.31. The number of hydrogen-bond donors (Lipinski definition) is 1. The monoisotopic (exact) mass is 213 g/mol. The molecule has 0 saturated heterocycles. The smallest absolute Gasteiger partial charge is 0.125 e. The molecule has 78 valence electrons. The molecule has 1 aliphatic carbocycles. The molecule has 0 unspecified atom stereocenters. The van der Waals surface area contributed by atoms with Crippen LogP contribution in [0.1, 0.15) is 43.1 Å². The van der Waals surface area contributed by atoms with E-state index in [4.69, 9.17) is 21.8 Å². The van der Waals surface area contributed by atoms with Gasteiger partial charge in [0.15, 0.2) is 0 Å². The van der Waals surface area contributed by atoms with E-state index in [9.17, 15) is 0 Å². The highest BCUT2D eigenvalue weighted by Crippen LogP contribution is 2.39. The zero-order chi connectivity index (χ0) is 9.97. The zero-order valence-electron chi connectivity index (χ0n) is 8.26. The summed E-state index contributed by atoms with van der Waals surface area (Å²) in [5, 5.41) is 0.792. The minimum Gasteiger partial charge on any atom is -0.464 e. The van der Waals surface area contributed by atoms with E-state index in [0.717, 1.165) is 23.0 Å². The van der Waals surface area contributed by atoms with Crippen molar-refractivity contribution >= 4 is 11.6 Å². The van der Waals surface area contributed by atoms with E-state index < -0.39 is 0 Å². The number of rotatable bonds is 3. The fourth-order valence-corrected chi connectivity index (χ4v) is 2.48. The predicted octanol–water partition coefficient (Wildman–Crippen LogP) is 3.09. The fourth-order valence-electron chi connectivity index (χ4n) is 2.16. The summed E-state index contributed by atoms with van der Waals surface area (Å²) >= 11 is 6.13. The maximum Gasteiger partial charge on any atom is 0.125 e. The Bertz CT molecular complexity index is 302. The largest absolute Gasteiger partial charge is 0.464 e. The molecular weight excluding hydrogens is 198 g/mol. The topological polar surface area (TPSA) is 39.2 Å². The third kappa shape index (κ3) is 1.96. The van der Waals surface area contributed by atoms with Crippen molar-refractivity contribution in [2.24, 2.45) is 5.73 Å². The molecule has 1 saturated carbocycles. The van der Waals surface area contributed by atoms with E-state index in [1.165, 1.54) is 25.7 Å². The normalized spacial score (nSPS) is 17.9. The van der Waals surface area contributed by atoms with Gasteiger partial charge in [-0.3, -0.25) is 0 Å². The van der Waals surface area contributed by atoms with E-state index in [0.29, 0.717) is 12.5 Å². The molecule has 3 heteroatoms. The summed E-state index contributed by atoms with van der Waals surface area (Å²) in [7, 11) is 0. The fraction of sp³-hybridized carbons (Fsp3) is 0.636. The van der Waals surface area contributed by atoms with Crippen LogP contribution in [0.3, 0.4) is 0 Å². The Morgan fingerprint density at radius 3 is 2.79 bits per heavy atom. The number of nitrogens with two attached hydrogens (primary N) is 1. The Kier molecular flexibility index (Phi) is 3.14. The lowest BCUT2D eigenvalue weighted by molar-refractivity contribution is 0.432. The molecule has 0 atom stereocenters. The van der Waals surface area contributed by atoms with Crippen molar-refractivity contribution in [1.82, 2.24) is 0 Å². The van der Waals surface area contributed by atoms with Crippen molar-refractivity contribution in [1.29, 1.82) is 0 Å². The Balaban J connectivity index is 2.15. The molecule has 0 amide bonds. The van der Waals surface area contributed by atoms with Gasteiger partial charge in [0.2, 0.25) is 0 Å². The zero-order valence-corrected chi connectivity index (χ0v) is 9.02. The van der Waals surface area contributed by atoms with Gasteiger partial charge in [-0.25, -0.2) is 0 Å². The van der Waals surface area contributed by atoms with E-state index in [1.54, 1.807) is 0 Å². The van der Waals surface area contributed by atoms with Crippen LogP contribution < -0.4 is 5.73 Å². The van der Waals surface area contributed by atoms with Gasteiger partial charge in [0.25, 0.3) is 0 Å². The molecule has 1 aromatic rings. The second-order valence-corrected chi connectivity index (χ2v) is 4.35. The first-order valence-electron chi connectivity index (χ1n) is 5.29. The second-order valence-electron chi connectivity index (χ2n) is 3.94. The third-order valence-corrected chi connectivity index (χ3v) is 3.18. The molecule has 0 aromatic carbocycles. The van der Waals surface area contributed by atoms with E-state index in [1.807, 2.05) is 6.07 Å². The highest BCUT2D eigenvalue weighted by Gasteiger charge is 2.23. The highest BCUT2D eigenvalue weighted by atomic mass is 35.5. The molecule has 1 aromatic heterocycles. The molecule has 2 N–H and O–H groups in total. The van der Waals surface area contributed by atoms with Gasteiger partial charge in [0.1, 0.15) is 11.5 Å². The molecular formula is C11H16ClNO. The molecule has 1 heterocycles. The van der Waals surface area contributed by atoms with Crippen LogP contribution in [0.5, 0.6) is 0 Å². The van der Waals surface area contributed by atoms with Gasteiger partial charge in [-0.05, 0) is 25.5 Å². The standard InChI is InChI=1S/C11H16ClNO/c12-10-7-9(5-6-13)14-11(10)8-3-1-2-4-8/h7-8H,1-6,13H2. The molecule has 1 aliphatic rings. The van der Waals surface area contributed by atoms with Crippen LogP contribution in [0, 0.1) is 0 Å². The van der Waals surface area contributed by atoms with Gasteiger partial charge >= 0.3 is 0 Å². The Hall–Kier alpha value is -0.470. The molecule has 0 radical (unpaired) electrons. The summed E-state index contributed by atoms with van der Waals surface area (Å²) in [6, 6.07) is 1.92. The average molecular weight is 214 g/mol. The SMILES string of the molecule is NCCc1cc(Cl)c(C2CCCC2)o1. The van der Waals surface area contributed by atoms with Gasteiger partial charge in [-0.15, -0.1) is 0 Å². The minimum absolute atomic E-state index is 0.550. The van der Waals surface area contributed by atoms with Crippen LogP contribution in [-0.2, 0) is 6.42 Å². The van der Waals surface area contributed by atoms with Gasteiger partial charge in [-0.2, -0.15) is 0 Å². The van der Waals surface area contributed by atoms with Crippen LogP contribution in [0.15, 0.2) is 10.5 Å².